The SMILES string of the molecule is CCCCCCCCOc1ccc2[nH]c3cnc(C(=O)OCC)c(COC)c3c2c1. The van der Waals surface area contributed by atoms with Crippen LogP contribution in [0.25, 0.3) is 21.8 Å². The number of nitrogens with zero attached hydrogens (tertiary/aromatic N) is 1. The molecule has 2 aromatic heterocycles. The van der Waals surface area contributed by atoms with Crippen LogP contribution >= 0.6 is 0 Å². The number of nitrogens with one attached hydrogen (secondary N) is 1. The summed E-state index contributed by atoms with van der Waals surface area (Å²) in [6, 6.07) is 6.01. The Hall–Kier alpha value is -2.60. The van der Waals surface area contributed by atoms with Crippen LogP contribution in [0.3, 0.4) is 0 Å². The minimum atomic E-state index is -0.434. The number of aromatic nitrogens is 2. The predicted molar refractivity (Wildman–Crippen MR) is 119 cm³/mol. The number of pyridine rings is 1. The van der Waals surface area contributed by atoms with Gasteiger partial charge < -0.3 is 19.2 Å². The summed E-state index contributed by atoms with van der Waals surface area (Å²) >= 11 is 0. The van der Waals surface area contributed by atoms with Gasteiger partial charge in [-0.05, 0) is 31.5 Å². The van der Waals surface area contributed by atoms with Crippen molar-refractivity contribution in [3.63, 3.8) is 0 Å². The van der Waals surface area contributed by atoms with Gasteiger partial charge in [0.15, 0.2) is 5.69 Å². The van der Waals surface area contributed by atoms with Gasteiger partial charge in [0.25, 0.3) is 0 Å². The van der Waals surface area contributed by atoms with Crippen LogP contribution in [0.4, 0.5) is 0 Å². The summed E-state index contributed by atoms with van der Waals surface area (Å²) in [4.78, 5) is 20.1. The Morgan fingerprint density at radius 3 is 2.63 bits per heavy atom. The lowest BCUT2D eigenvalue weighted by atomic mass is 10.1. The molecule has 3 rings (SSSR count). The lowest BCUT2D eigenvalue weighted by Gasteiger charge is -2.10. The molecule has 1 N–H and O–H groups in total. The van der Waals surface area contributed by atoms with Crippen molar-refractivity contribution in [2.24, 2.45) is 0 Å². The molecule has 1 aromatic carbocycles. The second-order valence-electron chi connectivity index (χ2n) is 7.48. The third kappa shape index (κ3) is 5.11. The Labute approximate surface area is 177 Å². The fourth-order valence-corrected chi connectivity index (χ4v) is 3.76. The van der Waals surface area contributed by atoms with Gasteiger partial charge in [0.05, 0.1) is 31.5 Å². The molecular weight excluding hydrogens is 380 g/mol. The summed E-state index contributed by atoms with van der Waals surface area (Å²) in [5.41, 5.74) is 2.86. The molecular formula is C24H32N2O4. The fourth-order valence-electron chi connectivity index (χ4n) is 3.76. The summed E-state index contributed by atoms with van der Waals surface area (Å²) in [6.07, 6.45) is 9.07. The number of carbonyl (C=O) groups is 1. The molecule has 2 heterocycles. The van der Waals surface area contributed by atoms with Gasteiger partial charge >= 0.3 is 5.97 Å². The molecule has 0 saturated heterocycles. The topological polar surface area (TPSA) is 73.4 Å². The zero-order valence-corrected chi connectivity index (χ0v) is 18.3. The van der Waals surface area contributed by atoms with Crippen LogP contribution in [0, 0.1) is 0 Å². The number of ether oxygens (including phenoxy) is 3. The molecule has 30 heavy (non-hydrogen) atoms. The number of carbonyl (C=O) groups excluding carboxylic acids is 1. The Morgan fingerprint density at radius 1 is 1.07 bits per heavy atom. The number of unbranched alkanes of at least 4 members (excludes halogenated alkanes) is 5. The molecule has 0 fully saturated rings. The van der Waals surface area contributed by atoms with Gasteiger partial charge in [-0.2, -0.15) is 0 Å². The van der Waals surface area contributed by atoms with Gasteiger partial charge in [-0.25, -0.2) is 9.78 Å². The van der Waals surface area contributed by atoms with Crippen molar-refractivity contribution in [1.29, 1.82) is 0 Å². The number of rotatable bonds is 12. The van der Waals surface area contributed by atoms with Crippen LogP contribution in [0.1, 0.15) is 68.4 Å². The minimum Gasteiger partial charge on any atom is -0.494 e. The Bertz CT molecular complexity index is 980. The van der Waals surface area contributed by atoms with E-state index in [1.807, 2.05) is 18.2 Å². The van der Waals surface area contributed by atoms with Crippen LogP contribution in [-0.2, 0) is 16.1 Å². The fraction of sp³-hybridized carbons (Fsp3) is 0.500. The van der Waals surface area contributed by atoms with E-state index in [2.05, 4.69) is 16.9 Å². The van der Waals surface area contributed by atoms with Crippen molar-refractivity contribution in [2.45, 2.75) is 59.0 Å². The van der Waals surface area contributed by atoms with E-state index >= 15 is 0 Å². The molecule has 162 valence electrons. The summed E-state index contributed by atoms with van der Waals surface area (Å²) in [5.74, 6) is 0.395. The van der Waals surface area contributed by atoms with Gasteiger partial charge in [-0.3, -0.25) is 0 Å². The van der Waals surface area contributed by atoms with Crippen molar-refractivity contribution >= 4 is 27.8 Å². The second-order valence-corrected chi connectivity index (χ2v) is 7.48. The van der Waals surface area contributed by atoms with E-state index in [1.54, 1.807) is 20.2 Å². The summed E-state index contributed by atoms with van der Waals surface area (Å²) in [6.45, 7) is 5.30. The van der Waals surface area contributed by atoms with Crippen LogP contribution in [0.5, 0.6) is 5.75 Å². The molecule has 0 aliphatic rings. The molecule has 0 radical (unpaired) electrons. The highest BCUT2D eigenvalue weighted by atomic mass is 16.5. The molecule has 0 amide bonds. The highest BCUT2D eigenvalue weighted by Gasteiger charge is 2.20. The molecule has 0 aliphatic carbocycles. The quantitative estimate of drug-likeness (QED) is 0.302. The maximum atomic E-state index is 12.4. The largest absolute Gasteiger partial charge is 0.494 e. The third-order valence-corrected chi connectivity index (χ3v) is 5.23. The highest BCUT2D eigenvalue weighted by molar-refractivity contribution is 6.11. The van der Waals surface area contributed by atoms with Crippen LogP contribution in [0.15, 0.2) is 24.4 Å². The molecule has 0 atom stereocenters. The van der Waals surface area contributed by atoms with E-state index < -0.39 is 5.97 Å². The first kappa shape index (κ1) is 22.1. The molecule has 0 saturated carbocycles. The first-order valence-electron chi connectivity index (χ1n) is 10.9. The molecule has 3 aromatic rings. The molecule has 0 aliphatic heterocycles. The van der Waals surface area contributed by atoms with E-state index in [0.717, 1.165) is 39.5 Å². The number of benzene rings is 1. The zero-order valence-electron chi connectivity index (χ0n) is 18.3. The minimum absolute atomic E-state index is 0.272. The highest BCUT2D eigenvalue weighted by Crippen LogP contribution is 2.32. The smallest absolute Gasteiger partial charge is 0.357 e. The summed E-state index contributed by atoms with van der Waals surface area (Å²) in [7, 11) is 1.61. The van der Waals surface area contributed by atoms with Gasteiger partial charge in [-0.1, -0.05) is 39.0 Å². The molecule has 6 nitrogen and oxygen atoms in total. The first-order valence-corrected chi connectivity index (χ1v) is 10.9. The van der Waals surface area contributed by atoms with Crippen LogP contribution in [-0.4, -0.2) is 36.3 Å². The van der Waals surface area contributed by atoms with E-state index in [-0.39, 0.29) is 6.61 Å². The normalized spacial score (nSPS) is 11.3. The number of hydrogen-bond donors (Lipinski definition) is 1. The van der Waals surface area contributed by atoms with Gasteiger partial charge in [0, 0.05) is 29.0 Å². The summed E-state index contributed by atoms with van der Waals surface area (Å²) < 4.78 is 16.6. The Balaban J connectivity index is 1.85. The zero-order chi connectivity index (χ0) is 21.3. The number of fused-ring (bicyclic) bond motifs is 3. The number of methoxy groups -OCH3 is 1. The first-order chi connectivity index (χ1) is 14.7. The average molecular weight is 413 g/mol. The standard InChI is InChI=1S/C24H32N2O4/c1-4-6-7-8-9-10-13-30-17-11-12-20-18(14-17)22-19(16-28-3)23(24(27)29-5-2)25-15-21(22)26-20/h11-12,14-15,26H,4-10,13,16H2,1-3H3. The van der Waals surface area contributed by atoms with Crippen LogP contribution in [0.2, 0.25) is 0 Å². The van der Waals surface area contributed by atoms with Gasteiger partial charge in [-0.15, -0.1) is 0 Å². The third-order valence-electron chi connectivity index (χ3n) is 5.23. The van der Waals surface area contributed by atoms with Crippen molar-refractivity contribution in [3.8, 4) is 5.75 Å². The van der Waals surface area contributed by atoms with E-state index in [1.165, 1.54) is 32.1 Å². The van der Waals surface area contributed by atoms with Crippen molar-refractivity contribution < 1.29 is 19.0 Å². The van der Waals surface area contributed by atoms with E-state index in [4.69, 9.17) is 14.2 Å². The molecule has 0 bridgehead atoms. The van der Waals surface area contributed by atoms with Crippen molar-refractivity contribution in [2.75, 3.05) is 20.3 Å². The Kier molecular flexibility index (Phi) is 8.08. The number of H-pyrrole nitrogens is 1. The van der Waals surface area contributed by atoms with Gasteiger partial charge in [0.1, 0.15) is 5.75 Å². The van der Waals surface area contributed by atoms with E-state index in [9.17, 15) is 4.79 Å². The van der Waals surface area contributed by atoms with Crippen molar-refractivity contribution in [1.82, 2.24) is 9.97 Å². The predicted octanol–water partition coefficient (Wildman–Crippen LogP) is 5.78. The maximum Gasteiger partial charge on any atom is 0.357 e. The second kappa shape index (κ2) is 11.0. The number of esters is 1. The van der Waals surface area contributed by atoms with Gasteiger partial charge in [0.2, 0.25) is 0 Å². The maximum absolute atomic E-state index is 12.4. The molecule has 0 spiro atoms. The molecule has 0 unspecified atom stereocenters. The number of hydrogen-bond acceptors (Lipinski definition) is 5. The average Bonchev–Trinajstić information content (AvgIpc) is 3.12. The Morgan fingerprint density at radius 2 is 1.87 bits per heavy atom. The lowest BCUT2D eigenvalue weighted by molar-refractivity contribution is 0.0514. The monoisotopic (exact) mass is 412 g/mol. The lowest BCUT2D eigenvalue weighted by Crippen LogP contribution is -2.11. The summed E-state index contributed by atoms with van der Waals surface area (Å²) in [5, 5.41) is 1.92. The number of aromatic amines is 1. The molecule has 6 heteroatoms. The van der Waals surface area contributed by atoms with Crippen molar-refractivity contribution in [3.05, 3.63) is 35.7 Å². The van der Waals surface area contributed by atoms with E-state index in [0.29, 0.717) is 18.9 Å². The van der Waals surface area contributed by atoms with Crippen LogP contribution < -0.4 is 4.74 Å².